The van der Waals surface area contributed by atoms with Crippen LogP contribution < -0.4 is 5.32 Å². The molecular weight excluding hydrogens is 356 g/mol. The molecule has 1 aliphatic rings. The van der Waals surface area contributed by atoms with Gasteiger partial charge < -0.3 is 5.32 Å². The molecule has 0 saturated heterocycles. The molecule has 1 fully saturated rings. The summed E-state index contributed by atoms with van der Waals surface area (Å²) >= 11 is 1.42. The van der Waals surface area contributed by atoms with Gasteiger partial charge >= 0.3 is 0 Å². The van der Waals surface area contributed by atoms with Crippen LogP contribution in [0.4, 0.5) is 5.69 Å². The Kier molecular flexibility index (Phi) is 5.54. The first kappa shape index (κ1) is 18.1. The highest BCUT2D eigenvalue weighted by Crippen LogP contribution is 2.26. The molecule has 25 heavy (non-hydrogen) atoms. The lowest BCUT2D eigenvalue weighted by atomic mass is 10.0. The van der Waals surface area contributed by atoms with E-state index >= 15 is 0 Å². The lowest BCUT2D eigenvalue weighted by molar-refractivity contribution is 0.102. The number of thiazole rings is 1. The van der Waals surface area contributed by atoms with E-state index in [1.165, 1.54) is 11.3 Å². The molecule has 0 atom stereocenters. The number of nitrogens with one attached hydrogen (secondary N) is 1. The van der Waals surface area contributed by atoms with Gasteiger partial charge in [0, 0.05) is 11.1 Å². The first-order valence-electron chi connectivity index (χ1n) is 8.48. The minimum atomic E-state index is -3.15. The summed E-state index contributed by atoms with van der Waals surface area (Å²) in [5.74, 6) is -0.256. The molecule has 0 spiro atoms. The second-order valence-electron chi connectivity index (χ2n) is 6.47. The maximum atomic E-state index is 12.6. The molecule has 0 bridgehead atoms. The zero-order valence-corrected chi connectivity index (χ0v) is 15.8. The van der Waals surface area contributed by atoms with E-state index in [0.29, 0.717) is 16.9 Å². The van der Waals surface area contributed by atoms with E-state index in [0.717, 1.165) is 37.1 Å². The van der Waals surface area contributed by atoms with Crippen molar-refractivity contribution in [1.82, 2.24) is 4.98 Å². The van der Waals surface area contributed by atoms with Crippen LogP contribution in [0.1, 0.15) is 53.2 Å². The molecule has 1 saturated carbocycles. The molecule has 134 valence electrons. The van der Waals surface area contributed by atoms with Gasteiger partial charge in [-0.2, -0.15) is 0 Å². The highest BCUT2D eigenvalue weighted by Gasteiger charge is 2.27. The number of rotatable bonds is 5. The number of benzene rings is 1. The Hall–Kier alpha value is -1.73. The van der Waals surface area contributed by atoms with Gasteiger partial charge in [0.05, 0.1) is 16.0 Å². The van der Waals surface area contributed by atoms with Gasteiger partial charge in [0.2, 0.25) is 0 Å². The summed E-state index contributed by atoms with van der Waals surface area (Å²) in [6.45, 7) is 1.85. The Labute approximate surface area is 152 Å². The molecule has 0 unspecified atom stereocenters. The second-order valence-corrected chi connectivity index (χ2v) is 9.82. The van der Waals surface area contributed by atoms with Crippen LogP contribution in [-0.2, 0) is 15.6 Å². The standard InChI is InChI=1S/C18H22N2O3S2/c1-13-19-17(11-24-13)18(21)20-15-7-5-6-14(10-15)12-25(22,23)16-8-3-2-4-9-16/h5-7,10-11,16H,2-4,8-9,12H2,1H3,(H,20,21). The van der Waals surface area contributed by atoms with Crippen molar-refractivity contribution in [2.75, 3.05) is 5.32 Å². The molecule has 2 aromatic rings. The summed E-state index contributed by atoms with van der Waals surface area (Å²) in [5.41, 5.74) is 1.67. The molecule has 1 aromatic heterocycles. The number of nitrogens with zero attached hydrogens (tertiary/aromatic N) is 1. The predicted octanol–water partition coefficient (Wildman–Crippen LogP) is 3.95. The monoisotopic (exact) mass is 378 g/mol. The minimum Gasteiger partial charge on any atom is -0.321 e. The number of hydrogen-bond donors (Lipinski definition) is 1. The van der Waals surface area contributed by atoms with Crippen LogP contribution in [0.5, 0.6) is 0 Å². The van der Waals surface area contributed by atoms with Crippen molar-refractivity contribution in [2.24, 2.45) is 0 Å². The first-order chi connectivity index (χ1) is 11.9. The predicted molar refractivity (Wildman–Crippen MR) is 101 cm³/mol. The lowest BCUT2D eigenvalue weighted by Crippen LogP contribution is -2.25. The number of hydrogen-bond acceptors (Lipinski definition) is 5. The lowest BCUT2D eigenvalue weighted by Gasteiger charge is -2.21. The highest BCUT2D eigenvalue weighted by atomic mass is 32.2. The van der Waals surface area contributed by atoms with Gasteiger partial charge in [0.15, 0.2) is 9.84 Å². The minimum absolute atomic E-state index is 0.0250. The van der Waals surface area contributed by atoms with Gasteiger partial charge in [0.25, 0.3) is 5.91 Å². The number of amides is 1. The van der Waals surface area contributed by atoms with E-state index in [1.807, 2.05) is 6.92 Å². The van der Waals surface area contributed by atoms with Crippen LogP contribution in [0.3, 0.4) is 0 Å². The SMILES string of the molecule is Cc1nc(C(=O)Nc2cccc(CS(=O)(=O)C3CCCCC3)c2)cs1. The van der Waals surface area contributed by atoms with Crippen molar-refractivity contribution in [3.8, 4) is 0 Å². The van der Waals surface area contributed by atoms with Gasteiger partial charge in [0.1, 0.15) is 5.69 Å². The molecule has 3 rings (SSSR count). The molecule has 1 aliphatic carbocycles. The summed E-state index contributed by atoms with van der Waals surface area (Å²) in [7, 11) is -3.15. The molecule has 1 aromatic carbocycles. The Balaban J connectivity index is 1.69. The number of sulfone groups is 1. The number of carbonyl (C=O) groups is 1. The fraction of sp³-hybridized carbons (Fsp3) is 0.444. The average molecular weight is 379 g/mol. The fourth-order valence-corrected chi connectivity index (χ4v) is 5.70. The second kappa shape index (κ2) is 7.66. The van der Waals surface area contributed by atoms with Gasteiger partial charge in [-0.25, -0.2) is 13.4 Å². The topological polar surface area (TPSA) is 76.1 Å². The molecule has 5 nitrogen and oxygen atoms in total. The summed E-state index contributed by atoms with van der Waals surface area (Å²) in [4.78, 5) is 16.3. The van der Waals surface area contributed by atoms with E-state index in [-0.39, 0.29) is 16.9 Å². The van der Waals surface area contributed by atoms with Crippen LogP contribution >= 0.6 is 11.3 Å². The highest BCUT2D eigenvalue weighted by molar-refractivity contribution is 7.91. The van der Waals surface area contributed by atoms with E-state index in [2.05, 4.69) is 10.3 Å². The van der Waals surface area contributed by atoms with Gasteiger partial charge in [-0.3, -0.25) is 4.79 Å². The normalized spacial score (nSPS) is 15.9. The van der Waals surface area contributed by atoms with Crippen LogP contribution in [0, 0.1) is 6.92 Å². The Bertz CT molecular complexity index is 853. The average Bonchev–Trinajstić information content (AvgIpc) is 3.02. The maximum absolute atomic E-state index is 12.6. The molecule has 0 aliphatic heterocycles. The molecule has 1 heterocycles. The van der Waals surface area contributed by atoms with Crippen LogP contribution in [0.25, 0.3) is 0 Å². The quantitative estimate of drug-likeness (QED) is 0.855. The molecule has 7 heteroatoms. The van der Waals surface area contributed by atoms with Gasteiger partial charge in [-0.1, -0.05) is 31.4 Å². The smallest absolute Gasteiger partial charge is 0.275 e. The zero-order valence-electron chi connectivity index (χ0n) is 14.2. The van der Waals surface area contributed by atoms with Crippen molar-refractivity contribution in [3.05, 3.63) is 45.9 Å². The van der Waals surface area contributed by atoms with Crippen molar-refractivity contribution in [2.45, 2.75) is 50.0 Å². The summed E-state index contributed by atoms with van der Waals surface area (Å²) < 4.78 is 25.2. The van der Waals surface area contributed by atoms with Crippen molar-refractivity contribution < 1.29 is 13.2 Å². The molecular formula is C18H22N2O3S2. The van der Waals surface area contributed by atoms with Gasteiger partial charge in [-0.15, -0.1) is 11.3 Å². The van der Waals surface area contributed by atoms with Crippen molar-refractivity contribution >= 4 is 32.8 Å². The van der Waals surface area contributed by atoms with E-state index in [9.17, 15) is 13.2 Å². The third kappa shape index (κ3) is 4.67. The van der Waals surface area contributed by atoms with Crippen LogP contribution in [0.2, 0.25) is 0 Å². The number of aromatic nitrogens is 1. The van der Waals surface area contributed by atoms with Crippen molar-refractivity contribution in [1.29, 1.82) is 0 Å². The third-order valence-electron chi connectivity index (χ3n) is 4.46. The summed E-state index contributed by atoms with van der Waals surface area (Å²) in [6, 6.07) is 7.06. The van der Waals surface area contributed by atoms with Gasteiger partial charge in [-0.05, 0) is 37.5 Å². The third-order valence-corrected chi connectivity index (χ3v) is 7.46. The Morgan fingerprint density at radius 1 is 1.28 bits per heavy atom. The van der Waals surface area contributed by atoms with E-state index < -0.39 is 9.84 Å². The number of anilines is 1. The van der Waals surface area contributed by atoms with Crippen LogP contribution in [0.15, 0.2) is 29.6 Å². The first-order valence-corrected chi connectivity index (χ1v) is 11.1. The zero-order chi connectivity index (χ0) is 17.9. The van der Waals surface area contributed by atoms with Crippen molar-refractivity contribution in [3.63, 3.8) is 0 Å². The summed E-state index contributed by atoms with van der Waals surface area (Å²) in [5, 5.41) is 5.10. The molecule has 0 radical (unpaired) electrons. The molecule has 1 amide bonds. The molecule has 1 N–H and O–H groups in total. The number of aryl methyl sites for hydroxylation is 1. The Morgan fingerprint density at radius 3 is 2.72 bits per heavy atom. The van der Waals surface area contributed by atoms with E-state index in [1.54, 1.807) is 29.6 Å². The largest absolute Gasteiger partial charge is 0.321 e. The van der Waals surface area contributed by atoms with Crippen LogP contribution in [-0.4, -0.2) is 24.6 Å². The van der Waals surface area contributed by atoms with E-state index in [4.69, 9.17) is 0 Å². The Morgan fingerprint density at radius 2 is 2.04 bits per heavy atom. The fourth-order valence-electron chi connectivity index (χ4n) is 3.18. The maximum Gasteiger partial charge on any atom is 0.275 e. The number of carbonyl (C=O) groups excluding carboxylic acids is 1. The summed E-state index contributed by atoms with van der Waals surface area (Å²) in [6.07, 6.45) is 4.65.